The summed E-state index contributed by atoms with van der Waals surface area (Å²) in [6.45, 7) is 4.19. The molecule has 1 amide bonds. The Hall–Kier alpha value is -1.61. The molecule has 86 valence electrons. The standard InChI is InChI=1S/C13H18N2O/c1-2-3-9-15-13(16)12(14)10-11-7-5-4-6-8-11/h2,4-8,12H,1,3,9-10,14H2,(H,15,16). The van der Waals surface area contributed by atoms with Crippen molar-refractivity contribution in [3.05, 3.63) is 48.6 Å². The lowest BCUT2D eigenvalue weighted by atomic mass is 10.1. The minimum absolute atomic E-state index is 0.106. The fraction of sp³-hybridized carbons (Fsp3) is 0.308. The number of amides is 1. The zero-order valence-electron chi connectivity index (χ0n) is 9.36. The maximum absolute atomic E-state index is 11.6. The summed E-state index contributed by atoms with van der Waals surface area (Å²) in [4.78, 5) is 11.6. The van der Waals surface area contributed by atoms with Gasteiger partial charge in [-0.1, -0.05) is 36.4 Å². The van der Waals surface area contributed by atoms with Crippen LogP contribution in [0.1, 0.15) is 12.0 Å². The smallest absolute Gasteiger partial charge is 0.237 e. The molecule has 0 saturated carbocycles. The molecule has 0 fully saturated rings. The van der Waals surface area contributed by atoms with Crippen molar-refractivity contribution in [2.45, 2.75) is 18.9 Å². The zero-order chi connectivity index (χ0) is 11.8. The highest BCUT2D eigenvalue weighted by molar-refractivity contribution is 5.81. The Bertz CT molecular complexity index is 335. The molecule has 3 nitrogen and oxygen atoms in total. The number of carbonyl (C=O) groups is 1. The minimum atomic E-state index is -0.479. The average Bonchev–Trinajstić information content (AvgIpc) is 2.30. The van der Waals surface area contributed by atoms with Gasteiger partial charge in [0.25, 0.3) is 0 Å². The van der Waals surface area contributed by atoms with Crippen LogP contribution in [0.3, 0.4) is 0 Å². The molecule has 0 aromatic heterocycles. The largest absolute Gasteiger partial charge is 0.354 e. The molecule has 0 radical (unpaired) electrons. The van der Waals surface area contributed by atoms with Crippen molar-refractivity contribution in [1.29, 1.82) is 0 Å². The predicted molar refractivity (Wildman–Crippen MR) is 65.9 cm³/mol. The number of hydrogen-bond acceptors (Lipinski definition) is 2. The fourth-order valence-corrected chi connectivity index (χ4v) is 1.39. The number of hydrogen-bond donors (Lipinski definition) is 2. The SMILES string of the molecule is C=CCCNC(=O)C(N)Cc1ccccc1. The van der Waals surface area contributed by atoms with Crippen LogP contribution in [0.4, 0.5) is 0 Å². The third kappa shape index (κ3) is 4.28. The van der Waals surface area contributed by atoms with E-state index in [9.17, 15) is 4.79 Å². The van der Waals surface area contributed by atoms with Crippen LogP contribution >= 0.6 is 0 Å². The predicted octanol–water partition coefficient (Wildman–Crippen LogP) is 1.25. The molecule has 3 heteroatoms. The highest BCUT2D eigenvalue weighted by Crippen LogP contribution is 2.01. The summed E-state index contributed by atoms with van der Waals surface area (Å²) in [6, 6.07) is 9.29. The van der Waals surface area contributed by atoms with Crippen molar-refractivity contribution in [3.63, 3.8) is 0 Å². The minimum Gasteiger partial charge on any atom is -0.354 e. The van der Waals surface area contributed by atoms with E-state index in [4.69, 9.17) is 5.73 Å². The van der Waals surface area contributed by atoms with Gasteiger partial charge in [0.1, 0.15) is 0 Å². The summed E-state index contributed by atoms with van der Waals surface area (Å²) in [6.07, 6.45) is 3.10. The van der Waals surface area contributed by atoms with E-state index in [-0.39, 0.29) is 5.91 Å². The molecule has 1 atom stereocenters. The van der Waals surface area contributed by atoms with Gasteiger partial charge in [0.05, 0.1) is 6.04 Å². The van der Waals surface area contributed by atoms with Crippen molar-refractivity contribution in [1.82, 2.24) is 5.32 Å². The maximum Gasteiger partial charge on any atom is 0.237 e. The second-order valence-electron chi connectivity index (χ2n) is 3.66. The van der Waals surface area contributed by atoms with Gasteiger partial charge < -0.3 is 11.1 Å². The number of nitrogens with two attached hydrogens (primary N) is 1. The van der Waals surface area contributed by atoms with Crippen LogP contribution in [0, 0.1) is 0 Å². The van der Waals surface area contributed by atoms with Crippen molar-refractivity contribution < 1.29 is 4.79 Å². The Labute approximate surface area is 96.3 Å². The molecule has 16 heavy (non-hydrogen) atoms. The quantitative estimate of drug-likeness (QED) is 0.557. The number of carbonyl (C=O) groups excluding carboxylic acids is 1. The Morgan fingerprint density at radius 1 is 1.44 bits per heavy atom. The molecule has 0 saturated heterocycles. The van der Waals surface area contributed by atoms with Crippen molar-refractivity contribution >= 4 is 5.91 Å². The topological polar surface area (TPSA) is 55.1 Å². The van der Waals surface area contributed by atoms with Gasteiger partial charge in [-0.05, 0) is 18.4 Å². The third-order valence-corrected chi connectivity index (χ3v) is 2.28. The molecule has 0 heterocycles. The van der Waals surface area contributed by atoms with E-state index in [0.29, 0.717) is 13.0 Å². The molecular weight excluding hydrogens is 200 g/mol. The Balaban J connectivity index is 2.37. The van der Waals surface area contributed by atoms with Gasteiger partial charge in [-0.2, -0.15) is 0 Å². The van der Waals surface area contributed by atoms with Gasteiger partial charge in [0.15, 0.2) is 0 Å². The normalized spacial score (nSPS) is 11.8. The van der Waals surface area contributed by atoms with Crippen LogP contribution in [-0.2, 0) is 11.2 Å². The summed E-state index contributed by atoms with van der Waals surface area (Å²) in [5, 5.41) is 2.77. The van der Waals surface area contributed by atoms with Gasteiger partial charge in [0.2, 0.25) is 5.91 Å². The molecule has 0 bridgehead atoms. The summed E-state index contributed by atoms with van der Waals surface area (Å²) in [5.74, 6) is -0.106. The van der Waals surface area contributed by atoms with Crippen LogP contribution in [0.25, 0.3) is 0 Å². The van der Waals surface area contributed by atoms with Gasteiger partial charge >= 0.3 is 0 Å². The number of nitrogens with one attached hydrogen (secondary N) is 1. The molecule has 1 aromatic rings. The van der Waals surface area contributed by atoms with Crippen LogP contribution in [-0.4, -0.2) is 18.5 Å². The summed E-state index contributed by atoms with van der Waals surface area (Å²) in [7, 11) is 0. The van der Waals surface area contributed by atoms with Crippen molar-refractivity contribution in [2.75, 3.05) is 6.54 Å². The van der Waals surface area contributed by atoms with E-state index in [1.165, 1.54) is 0 Å². The molecule has 0 aliphatic heterocycles. The Morgan fingerprint density at radius 2 is 2.12 bits per heavy atom. The fourth-order valence-electron chi connectivity index (χ4n) is 1.39. The summed E-state index contributed by atoms with van der Waals surface area (Å²) < 4.78 is 0. The van der Waals surface area contributed by atoms with Crippen LogP contribution < -0.4 is 11.1 Å². The third-order valence-electron chi connectivity index (χ3n) is 2.28. The van der Waals surface area contributed by atoms with Crippen molar-refractivity contribution in [3.8, 4) is 0 Å². The lowest BCUT2D eigenvalue weighted by Crippen LogP contribution is -2.42. The van der Waals surface area contributed by atoms with Crippen molar-refractivity contribution in [2.24, 2.45) is 5.73 Å². The van der Waals surface area contributed by atoms with E-state index in [1.807, 2.05) is 30.3 Å². The van der Waals surface area contributed by atoms with E-state index in [0.717, 1.165) is 12.0 Å². The molecule has 1 unspecified atom stereocenters. The molecule has 1 rings (SSSR count). The van der Waals surface area contributed by atoms with Gasteiger partial charge in [-0.15, -0.1) is 6.58 Å². The van der Waals surface area contributed by atoms with Crippen LogP contribution in [0.5, 0.6) is 0 Å². The number of benzene rings is 1. The second-order valence-corrected chi connectivity index (χ2v) is 3.66. The monoisotopic (exact) mass is 218 g/mol. The highest BCUT2D eigenvalue weighted by Gasteiger charge is 2.12. The first-order valence-electron chi connectivity index (χ1n) is 5.42. The van der Waals surface area contributed by atoms with Crippen LogP contribution in [0.2, 0.25) is 0 Å². The molecule has 0 spiro atoms. The molecule has 1 aromatic carbocycles. The molecule has 0 aliphatic carbocycles. The van der Waals surface area contributed by atoms with E-state index < -0.39 is 6.04 Å². The van der Waals surface area contributed by atoms with E-state index in [1.54, 1.807) is 6.08 Å². The maximum atomic E-state index is 11.6. The summed E-state index contributed by atoms with van der Waals surface area (Å²) >= 11 is 0. The summed E-state index contributed by atoms with van der Waals surface area (Å²) in [5.41, 5.74) is 6.87. The number of rotatable bonds is 6. The van der Waals surface area contributed by atoms with Gasteiger partial charge in [-0.25, -0.2) is 0 Å². The molecular formula is C13H18N2O. The van der Waals surface area contributed by atoms with Gasteiger partial charge in [-0.3, -0.25) is 4.79 Å². The lowest BCUT2D eigenvalue weighted by molar-refractivity contribution is -0.122. The first-order valence-corrected chi connectivity index (χ1v) is 5.42. The van der Waals surface area contributed by atoms with E-state index in [2.05, 4.69) is 11.9 Å². The van der Waals surface area contributed by atoms with E-state index >= 15 is 0 Å². The second kappa shape index (κ2) is 6.80. The molecule has 0 aliphatic rings. The van der Waals surface area contributed by atoms with Crippen LogP contribution in [0.15, 0.2) is 43.0 Å². The Kier molecular flexibility index (Phi) is 5.29. The average molecular weight is 218 g/mol. The Morgan fingerprint density at radius 3 is 2.75 bits per heavy atom. The zero-order valence-corrected chi connectivity index (χ0v) is 9.36. The molecule has 3 N–H and O–H groups in total. The van der Waals surface area contributed by atoms with Gasteiger partial charge in [0, 0.05) is 6.54 Å². The lowest BCUT2D eigenvalue weighted by Gasteiger charge is -2.11. The first-order chi connectivity index (χ1) is 7.74. The highest BCUT2D eigenvalue weighted by atomic mass is 16.2. The first kappa shape index (κ1) is 12.5.